The Labute approximate surface area is 302 Å². The molecule has 1 saturated carbocycles. The number of rotatable bonds is 10. The summed E-state index contributed by atoms with van der Waals surface area (Å²) in [4.78, 5) is 24.5. The third kappa shape index (κ3) is 8.56. The molecule has 1 fully saturated rings. The van der Waals surface area contributed by atoms with Crippen LogP contribution in [0.2, 0.25) is 0 Å². The lowest BCUT2D eigenvalue weighted by Gasteiger charge is -2.48. The minimum Gasteiger partial charge on any atom is -0.402 e. The third-order valence-corrected chi connectivity index (χ3v) is 10.6. The van der Waals surface area contributed by atoms with E-state index in [2.05, 4.69) is 124 Å². The molecule has 1 amide bonds. The van der Waals surface area contributed by atoms with Crippen molar-refractivity contribution < 1.29 is 9.53 Å². The average Bonchev–Trinajstić information content (AvgIpc) is 3.54. The van der Waals surface area contributed by atoms with E-state index in [1.165, 1.54) is 22.4 Å². The molecule has 1 N–H and O–H groups in total. The first-order chi connectivity index (χ1) is 23.2. The smallest absolute Gasteiger partial charge is 0.402 e. The quantitative estimate of drug-likeness (QED) is 0.171. The number of benzene rings is 1. The van der Waals surface area contributed by atoms with Crippen LogP contribution in [0.5, 0.6) is 5.88 Å². The van der Waals surface area contributed by atoms with Crippen LogP contribution >= 0.6 is 0 Å². The predicted octanol–water partition coefficient (Wildman–Crippen LogP) is 11.6. The number of amides is 1. The van der Waals surface area contributed by atoms with Crippen molar-refractivity contribution >= 4 is 17.4 Å². The topological polar surface area (TPSA) is 67.0 Å². The lowest BCUT2D eigenvalue weighted by molar-refractivity contribution is 0.0259. The number of aromatic nitrogens is 3. The molecule has 4 atom stereocenters. The monoisotopic (exact) mass is 681 g/mol. The maximum atomic E-state index is 13.6. The van der Waals surface area contributed by atoms with E-state index in [1.54, 1.807) is 16.7 Å². The molecular weight excluding hydrogens is 619 g/mol. The van der Waals surface area contributed by atoms with Crippen LogP contribution in [0.1, 0.15) is 119 Å². The van der Waals surface area contributed by atoms with Gasteiger partial charge in [-0.2, -0.15) is 0 Å². The van der Waals surface area contributed by atoms with Gasteiger partial charge in [-0.25, -0.2) is 19.1 Å². The molecule has 1 aromatic carbocycles. The van der Waals surface area contributed by atoms with Gasteiger partial charge in [0, 0.05) is 24.2 Å². The number of hydrogen-bond donors (Lipinski definition) is 1. The van der Waals surface area contributed by atoms with Crippen molar-refractivity contribution in [3.05, 3.63) is 71.6 Å². The van der Waals surface area contributed by atoms with E-state index in [0.29, 0.717) is 66.3 Å². The third-order valence-electron chi connectivity index (χ3n) is 10.6. The van der Waals surface area contributed by atoms with Gasteiger partial charge in [-0.1, -0.05) is 101 Å². The second-order valence-electron chi connectivity index (χ2n) is 18.4. The molecular formula is C43H63N5O2. The Hall–Kier alpha value is -3.79. The van der Waals surface area contributed by atoms with Gasteiger partial charge in [0.2, 0.25) is 5.88 Å². The molecule has 0 saturated heterocycles. The van der Waals surface area contributed by atoms with E-state index < -0.39 is 6.09 Å². The molecule has 1 aliphatic carbocycles. The summed E-state index contributed by atoms with van der Waals surface area (Å²) in [6.07, 6.45) is 6.95. The van der Waals surface area contributed by atoms with E-state index >= 15 is 0 Å². The van der Waals surface area contributed by atoms with Crippen molar-refractivity contribution in [2.75, 3.05) is 13.1 Å². The van der Waals surface area contributed by atoms with Crippen molar-refractivity contribution in [2.45, 2.75) is 120 Å². The Kier molecular flexibility index (Phi) is 11.6. The number of H-pyrrole nitrogens is 1. The van der Waals surface area contributed by atoms with Crippen LogP contribution in [-0.2, 0) is 17.3 Å². The lowest BCUT2D eigenvalue weighted by atomic mass is 9.57. The molecule has 50 heavy (non-hydrogen) atoms. The maximum Gasteiger partial charge on any atom is 0.416 e. The highest BCUT2D eigenvalue weighted by Gasteiger charge is 2.43. The van der Waals surface area contributed by atoms with Crippen LogP contribution in [0.4, 0.5) is 10.5 Å². The maximum absolute atomic E-state index is 13.6. The zero-order valence-corrected chi connectivity index (χ0v) is 33.0. The SMILES string of the molecule is [C-]#[N+]c1c(CC2C(CC(C)C)CC(C)CC2C(C)(C)C)c2nc(-c3cc(C(C)(C)C)cc(C(C)(C)C)c3)[nH]n2c1OC(=O)N(CC=C)CC=C. The summed E-state index contributed by atoms with van der Waals surface area (Å²) in [6, 6.07) is 6.72. The van der Waals surface area contributed by atoms with E-state index in [0.717, 1.165) is 24.0 Å². The number of carbonyl (C=O) groups excluding carboxylic acids is 1. The van der Waals surface area contributed by atoms with Crippen LogP contribution in [0.25, 0.3) is 21.9 Å². The first kappa shape index (κ1) is 39.0. The first-order valence-electron chi connectivity index (χ1n) is 18.5. The molecule has 0 spiro atoms. The first-order valence-corrected chi connectivity index (χ1v) is 18.5. The molecule has 2 heterocycles. The van der Waals surface area contributed by atoms with Gasteiger partial charge in [0.05, 0.1) is 6.57 Å². The standard InChI is InChI=1S/C43H63N5O2/c1-16-18-47(19-17-2)40(49)50-39-36(44-15)34(26-33-29(20-27(3)4)21-28(5)22-35(33)43(12,13)14)38-45-37(46-48(38)39)30-23-31(41(6,7)8)25-32(24-30)42(9,10)11/h16-17,23-25,27-29,33,35H,1-2,18-22,26H2,3-14H3,(H,45,46). The molecule has 4 rings (SSSR count). The molecule has 272 valence electrons. The Balaban J connectivity index is 1.98. The number of ether oxygens (including phenoxy) is 1. The van der Waals surface area contributed by atoms with Crippen LogP contribution in [0, 0.1) is 41.6 Å². The Morgan fingerprint density at radius 2 is 1.62 bits per heavy atom. The molecule has 2 aromatic heterocycles. The van der Waals surface area contributed by atoms with E-state index in [9.17, 15) is 4.79 Å². The number of fused-ring (bicyclic) bond motifs is 1. The average molecular weight is 682 g/mol. The van der Waals surface area contributed by atoms with Crippen molar-refractivity contribution in [1.29, 1.82) is 0 Å². The Morgan fingerprint density at radius 1 is 1.04 bits per heavy atom. The van der Waals surface area contributed by atoms with Gasteiger partial charge in [-0.3, -0.25) is 5.10 Å². The number of nitrogens with one attached hydrogen (secondary N) is 1. The molecule has 0 bridgehead atoms. The summed E-state index contributed by atoms with van der Waals surface area (Å²) in [7, 11) is 0. The minimum absolute atomic E-state index is 0.0705. The Morgan fingerprint density at radius 3 is 2.10 bits per heavy atom. The van der Waals surface area contributed by atoms with Gasteiger partial charge in [-0.15, -0.1) is 13.2 Å². The highest BCUT2D eigenvalue weighted by atomic mass is 16.6. The summed E-state index contributed by atoms with van der Waals surface area (Å²) < 4.78 is 7.91. The summed E-state index contributed by atoms with van der Waals surface area (Å²) in [5.74, 6) is 3.45. The van der Waals surface area contributed by atoms with Crippen LogP contribution in [0.15, 0.2) is 43.5 Å². The highest BCUT2D eigenvalue weighted by molar-refractivity contribution is 5.80. The summed E-state index contributed by atoms with van der Waals surface area (Å²) in [5, 5.41) is 3.50. The van der Waals surface area contributed by atoms with Gasteiger partial charge in [-0.05, 0) is 94.8 Å². The summed E-state index contributed by atoms with van der Waals surface area (Å²) in [6.45, 7) is 44.2. The number of hydrogen-bond acceptors (Lipinski definition) is 3. The minimum atomic E-state index is -0.557. The molecule has 7 nitrogen and oxygen atoms in total. The summed E-state index contributed by atoms with van der Waals surface area (Å²) in [5.41, 5.74) is 5.24. The normalized spacial score (nSPS) is 20.2. The molecule has 3 aromatic rings. The molecule has 7 heteroatoms. The van der Waals surface area contributed by atoms with E-state index in [4.69, 9.17) is 16.3 Å². The van der Waals surface area contributed by atoms with Gasteiger partial charge >= 0.3 is 6.09 Å². The fraction of sp³-hybridized carbons (Fsp3) is 0.605. The van der Waals surface area contributed by atoms with Crippen LogP contribution < -0.4 is 4.74 Å². The lowest BCUT2D eigenvalue weighted by Crippen LogP contribution is -2.40. The fourth-order valence-corrected chi connectivity index (χ4v) is 8.01. The van der Waals surface area contributed by atoms with Crippen molar-refractivity contribution in [1.82, 2.24) is 19.5 Å². The van der Waals surface area contributed by atoms with E-state index in [1.807, 2.05) is 0 Å². The number of carbonyl (C=O) groups is 1. The van der Waals surface area contributed by atoms with Crippen molar-refractivity contribution in [3.8, 4) is 17.3 Å². The molecule has 1 aliphatic rings. The van der Waals surface area contributed by atoms with Crippen LogP contribution in [0.3, 0.4) is 0 Å². The van der Waals surface area contributed by atoms with Crippen LogP contribution in [-0.4, -0.2) is 38.7 Å². The van der Waals surface area contributed by atoms with Crippen molar-refractivity contribution in [3.63, 3.8) is 0 Å². The molecule has 4 unspecified atom stereocenters. The fourth-order valence-electron chi connectivity index (χ4n) is 8.01. The predicted molar refractivity (Wildman–Crippen MR) is 208 cm³/mol. The molecule has 0 radical (unpaired) electrons. The summed E-state index contributed by atoms with van der Waals surface area (Å²) >= 11 is 0. The van der Waals surface area contributed by atoms with Gasteiger partial charge in [0.1, 0.15) is 5.65 Å². The van der Waals surface area contributed by atoms with E-state index in [-0.39, 0.29) is 22.1 Å². The molecule has 0 aliphatic heterocycles. The van der Waals surface area contributed by atoms with Crippen molar-refractivity contribution in [2.24, 2.45) is 35.0 Å². The van der Waals surface area contributed by atoms with Gasteiger partial charge < -0.3 is 9.64 Å². The zero-order chi connectivity index (χ0) is 37.3. The number of aromatic amines is 1. The second-order valence-corrected chi connectivity index (χ2v) is 18.4. The largest absolute Gasteiger partial charge is 0.416 e. The van der Waals surface area contributed by atoms with Gasteiger partial charge in [0.15, 0.2) is 5.82 Å². The van der Waals surface area contributed by atoms with Gasteiger partial charge in [0.25, 0.3) is 5.69 Å². The number of nitrogens with zero attached hydrogens (tertiary/aromatic N) is 4. The Bertz CT molecular complexity index is 1690. The zero-order valence-electron chi connectivity index (χ0n) is 33.0. The second kappa shape index (κ2) is 14.8. The highest BCUT2D eigenvalue weighted by Crippen LogP contribution is 2.51.